The first kappa shape index (κ1) is 5.96. The minimum atomic E-state index is 0. The van der Waals surface area contributed by atoms with Gasteiger partial charge in [0.15, 0.2) is 5.82 Å². The molecule has 0 radical (unpaired) electrons. The zero-order valence-electron chi connectivity index (χ0n) is 6.62. The van der Waals surface area contributed by atoms with Crippen molar-refractivity contribution in [3.8, 4) is 5.82 Å². The molecule has 0 atom stereocenters. The highest BCUT2D eigenvalue weighted by atomic mass is 15.4. The molecule has 0 aliphatic carbocycles. The van der Waals surface area contributed by atoms with Gasteiger partial charge >= 0.3 is 1.43 Å². The van der Waals surface area contributed by atoms with Crippen LogP contribution in [0.5, 0.6) is 0 Å². The topological polar surface area (TPSA) is 56.5 Å². The van der Waals surface area contributed by atoms with Crippen LogP contribution in [0, 0.1) is 0 Å². The molecule has 0 amide bonds. The van der Waals surface area contributed by atoms with Crippen molar-refractivity contribution < 1.29 is 1.43 Å². The van der Waals surface area contributed by atoms with Gasteiger partial charge in [-0.15, -0.1) is 10.2 Å². The highest BCUT2D eigenvalue weighted by molar-refractivity contribution is 5.16. The van der Waals surface area contributed by atoms with Crippen molar-refractivity contribution in [3.63, 3.8) is 0 Å². The van der Waals surface area contributed by atoms with E-state index in [4.69, 9.17) is 0 Å². The zero-order valence-corrected chi connectivity index (χ0v) is 5.62. The van der Waals surface area contributed by atoms with Gasteiger partial charge in [-0.1, -0.05) is 0 Å². The van der Waals surface area contributed by atoms with E-state index in [0.29, 0.717) is 5.82 Å². The van der Waals surface area contributed by atoms with Gasteiger partial charge in [0.05, 0.1) is 6.20 Å². The number of hydrogen-bond acceptors (Lipinski definition) is 4. The van der Waals surface area contributed by atoms with Gasteiger partial charge in [-0.25, -0.2) is 0 Å². The molecule has 11 heavy (non-hydrogen) atoms. The van der Waals surface area contributed by atoms with Gasteiger partial charge in [-0.05, 0) is 22.6 Å². The third-order valence-electron chi connectivity index (χ3n) is 1.28. The first-order chi connectivity index (χ1) is 5.47. The fraction of sp³-hybridized carbons (Fsp3) is 0. The SMILES string of the molecule is [H+].c1ccn(-c2cnnnn2)c1. The Labute approximate surface area is 64.2 Å². The minimum absolute atomic E-state index is 0. The van der Waals surface area contributed by atoms with Gasteiger partial charge in [-0.2, -0.15) is 0 Å². The molecule has 0 saturated carbocycles. The second-order valence-corrected chi connectivity index (χ2v) is 1.97. The number of hydrogen-bond donors (Lipinski definition) is 0. The van der Waals surface area contributed by atoms with Gasteiger partial charge in [0, 0.05) is 12.4 Å². The molecule has 0 aliphatic heterocycles. The van der Waals surface area contributed by atoms with Crippen LogP contribution in [0.15, 0.2) is 30.7 Å². The van der Waals surface area contributed by atoms with Crippen LogP contribution in [0.1, 0.15) is 1.43 Å². The van der Waals surface area contributed by atoms with E-state index >= 15 is 0 Å². The van der Waals surface area contributed by atoms with Crippen LogP contribution in [0.3, 0.4) is 0 Å². The van der Waals surface area contributed by atoms with E-state index in [-0.39, 0.29) is 1.43 Å². The average molecular weight is 148 g/mol. The molecule has 0 spiro atoms. The van der Waals surface area contributed by atoms with E-state index in [0.717, 1.165) is 0 Å². The van der Waals surface area contributed by atoms with Crippen LogP contribution >= 0.6 is 0 Å². The quantitative estimate of drug-likeness (QED) is 0.578. The minimum Gasteiger partial charge on any atom is -0.306 e. The van der Waals surface area contributed by atoms with Gasteiger partial charge in [0.2, 0.25) is 0 Å². The van der Waals surface area contributed by atoms with E-state index in [9.17, 15) is 0 Å². The lowest BCUT2D eigenvalue weighted by Crippen LogP contribution is -1.98. The third kappa shape index (κ3) is 1.07. The fourth-order valence-corrected chi connectivity index (χ4v) is 0.798. The van der Waals surface area contributed by atoms with Crippen LogP contribution in [0.2, 0.25) is 0 Å². The summed E-state index contributed by atoms with van der Waals surface area (Å²) in [4.78, 5) is 0. The Hall–Kier alpha value is -1.78. The Bertz CT molecular complexity index is 319. The summed E-state index contributed by atoms with van der Waals surface area (Å²) in [5, 5.41) is 14.1. The molecule has 0 saturated heterocycles. The lowest BCUT2D eigenvalue weighted by atomic mass is 10.7. The molecular weight excluding hydrogens is 142 g/mol. The molecule has 2 heterocycles. The van der Waals surface area contributed by atoms with Crippen molar-refractivity contribution in [2.24, 2.45) is 0 Å². The van der Waals surface area contributed by atoms with Crippen molar-refractivity contribution in [1.82, 2.24) is 25.2 Å². The Balaban J connectivity index is 0.000000720. The summed E-state index contributed by atoms with van der Waals surface area (Å²) in [6.45, 7) is 0. The van der Waals surface area contributed by atoms with Crippen LogP contribution in [-0.2, 0) is 0 Å². The van der Waals surface area contributed by atoms with Crippen molar-refractivity contribution in [2.45, 2.75) is 0 Å². The van der Waals surface area contributed by atoms with Crippen LogP contribution in [0.25, 0.3) is 5.82 Å². The summed E-state index contributed by atoms with van der Waals surface area (Å²) in [5.41, 5.74) is 0. The van der Waals surface area contributed by atoms with Gasteiger partial charge in [-0.3, -0.25) is 0 Å². The smallest absolute Gasteiger partial charge is 0.306 e. The second-order valence-electron chi connectivity index (χ2n) is 1.97. The molecule has 2 aromatic rings. The standard InChI is InChI=1S/C6H5N5/c1-2-4-11(3-1)6-5-7-9-10-8-6/h1-5H/p+1. The summed E-state index contributed by atoms with van der Waals surface area (Å²) in [6.07, 6.45) is 5.28. The third-order valence-corrected chi connectivity index (χ3v) is 1.28. The maximum atomic E-state index is 3.76. The first-order valence-electron chi connectivity index (χ1n) is 3.11. The van der Waals surface area contributed by atoms with Gasteiger partial charge < -0.3 is 4.57 Å². The first-order valence-corrected chi connectivity index (χ1v) is 3.11. The molecule has 0 bridgehead atoms. The van der Waals surface area contributed by atoms with E-state index in [2.05, 4.69) is 20.6 Å². The Morgan fingerprint density at radius 3 is 2.64 bits per heavy atom. The summed E-state index contributed by atoms with van der Waals surface area (Å²) < 4.78 is 1.81. The summed E-state index contributed by atoms with van der Waals surface area (Å²) in [5.74, 6) is 0.671. The average Bonchev–Trinajstić information content (AvgIpc) is 2.58. The molecule has 5 nitrogen and oxygen atoms in total. The summed E-state index contributed by atoms with van der Waals surface area (Å²) >= 11 is 0. The maximum Gasteiger partial charge on any atom is 1.00 e. The zero-order chi connectivity index (χ0) is 7.52. The highest BCUT2D eigenvalue weighted by Crippen LogP contribution is 1.98. The fourth-order valence-electron chi connectivity index (χ4n) is 0.798. The molecule has 0 fully saturated rings. The number of rotatable bonds is 1. The Morgan fingerprint density at radius 2 is 2.00 bits per heavy atom. The van der Waals surface area contributed by atoms with Crippen molar-refractivity contribution in [2.75, 3.05) is 0 Å². The molecule has 0 N–H and O–H groups in total. The molecule has 0 aliphatic rings. The molecule has 5 heteroatoms. The Morgan fingerprint density at radius 1 is 1.18 bits per heavy atom. The lowest BCUT2D eigenvalue weighted by molar-refractivity contribution is 0.735. The van der Waals surface area contributed by atoms with Crippen molar-refractivity contribution in [3.05, 3.63) is 30.7 Å². The predicted octanol–water partition coefficient (Wildman–Crippen LogP) is 0.170. The largest absolute Gasteiger partial charge is 1.00 e. The molecule has 0 aromatic carbocycles. The van der Waals surface area contributed by atoms with Crippen LogP contribution in [0.4, 0.5) is 0 Å². The lowest BCUT2D eigenvalue weighted by Gasteiger charge is -1.95. The molecule has 0 unspecified atom stereocenters. The van der Waals surface area contributed by atoms with E-state index < -0.39 is 0 Å². The normalized spacial score (nSPS) is 9.82. The highest BCUT2D eigenvalue weighted by Gasteiger charge is 1.93. The molecular formula is C6H6N5+. The monoisotopic (exact) mass is 148 g/mol. The van der Waals surface area contributed by atoms with Crippen molar-refractivity contribution in [1.29, 1.82) is 0 Å². The number of aromatic nitrogens is 5. The maximum absolute atomic E-state index is 3.76. The number of nitrogens with zero attached hydrogens (tertiary/aromatic N) is 5. The summed E-state index contributed by atoms with van der Waals surface area (Å²) in [7, 11) is 0. The van der Waals surface area contributed by atoms with Crippen LogP contribution < -0.4 is 0 Å². The second kappa shape index (κ2) is 2.45. The van der Waals surface area contributed by atoms with E-state index in [1.165, 1.54) is 0 Å². The molecule has 2 rings (SSSR count). The van der Waals surface area contributed by atoms with E-state index in [1.807, 2.05) is 29.1 Å². The van der Waals surface area contributed by atoms with Crippen molar-refractivity contribution >= 4 is 0 Å². The van der Waals surface area contributed by atoms with Gasteiger partial charge in [0.1, 0.15) is 0 Å². The van der Waals surface area contributed by atoms with Crippen LogP contribution in [-0.4, -0.2) is 25.2 Å². The molecule has 2 aromatic heterocycles. The van der Waals surface area contributed by atoms with Gasteiger partial charge in [0.25, 0.3) is 0 Å². The summed E-state index contributed by atoms with van der Waals surface area (Å²) in [6, 6.07) is 3.81. The predicted molar refractivity (Wildman–Crippen MR) is 38.1 cm³/mol. The molecule has 54 valence electrons. The van der Waals surface area contributed by atoms with E-state index in [1.54, 1.807) is 6.20 Å². The Kier molecular flexibility index (Phi) is 1.33.